The standard InChI is InChI=1S/C26H41NO8/c1-22(2,3)33-19(28)13-11-12-17-20-18(32-24(7,30-9)25(8,31-10)34-20)16-27(26(17)14-15-26)21(29)35-23(4,5)6/h17-18,20H,13-16H2,1-10H3. The predicted molar refractivity (Wildman–Crippen MR) is 127 cm³/mol. The van der Waals surface area contributed by atoms with Gasteiger partial charge in [0.1, 0.15) is 29.8 Å². The monoisotopic (exact) mass is 495 g/mol. The van der Waals surface area contributed by atoms with Crippen molar-refractivity contribution >= 4 is 12.1 Å². The molecule has 0 aromatic carbocycles. The van der Waals surface area contributed by atoms with E-state index >= 15 is 0 Å². The van der Waals surface area contributed by atoms with E-state index in [1.165, 1.54) is 14.2 Å². The van der Waals surface area contributed by atoms with Crippen LogP contribution in [-0.4, -0.2) is 78.2 Å². The lowest BCUT2D eigenvalue weighted by molar-refractivity contribution is -0.456. The van der Waals surface area contributed by atoms with Crippen LogP contribution in [0.3, 0.4) is 0 Å². The van der Waals surface area contributed by atoms with Crippen LogP contribution in [0.2, 0.25) is 0 Å². The molecule has 9 heteroatoms. The first-order chi connectivity index (χ1) is 16.0. The summed E-state index contributed by atoms with van der Waals surface area (Å²) in [5.74, 6) is 2.97. The number of esters is 1. The van der Waals surface area contributed by atoms with Crippen LogP contribution in [-0.2, 0) is 33.2 Å². The summed E-state index contributed by atoms with van der Waals surface area (Å²) in [6.07, 6.45) is -0.0363. The summed E-state index contributed by atoms with van der Waals surface area (Å²) < 4.78 is 35.4. The SMILES string of the molecule is COC1(C)OC2CN(C(=O)OC(C)(C)C)C3(CC3)C(C#CCC(=O)OC(C)(C)C)C2OC1(C)OC. The maximum Gasteiger partial charge on any atom is 0.410 e. The van der Waals surface area contributed by atoms with Crippen LogP contribution in [0, 0.1) is 17.8 Å². The average molecular weight is 496 g/mol. The number of nitrogens with zero attached hydrogens (tertiary/aromatic N) is 1. The van der Waals surface area contributed by atoms with Gasteiger partial charge in [-0.25, -0.2) is 4.79 Å². The molecule has 0 radical (unpaired) electrons. The van der Waals surface area contributed by atoms with E-state index < -0.39 is 58.5 Å². The number of hydrogen-bond donors (Lipinski definition) is 0. The molecule has 1 spiro atoms. The minimum atomic E-state index is -1.22. The van der Waals surface area contributed by atoms with Gasteiger partial charge in [0, 0.05) is 14.2 Å². The molecule has 2 heterocycles. The van der Waals surface area contributed by atoms with Crippen molar-refractivity contribution in [1.82, 2.24) is 4.90 Å². The summed E-state index contributed by atoms with van der Waals surface area (Å²) in [6.45, 7) is 14.7. The van der Waals surface area contributed by atoms with Crippen LogP contribution in [0.25, 0.3) is 0 Å². The molecule has 1 aliphatic carbocycles. The molecule has 0 aromatic heterocycles. The van der Waals surface area contributed by atoms with Gasteiger partial charge in [-0.2, -0.15) is 0 Å². The Morgan fingerprint density at radius 3 is 1.97 bits per heavy atom. The number of likely N-dealkylation sites (tertiary alicyclic amines) is 1. The van der Waals surface area contributed by atoms with Gasteiger partial charge in [0.05, 0.1) is 18.0 Å². The van der Waals surface area contributed by atoms with E-state index in [0.717, 1.165) is 12.8 Å². The molecule has 1 amide bonds. The summed E-state index contributed by atoms with van der Waals surface area (Å²) in [5.41, 5.74) is -1.81. The third kappa shape index (κ3) is 5.61. The molecule has 5 atom stereocenters. The molecule has 0 aromatic rings. The number of ether oxygens (including phenoxy) is 6. The van der Waals surface area contributed by atoms with Gasteiger partial charge in [0.15, 0.2) is 0 Å². The molecule has 3 fully saturated rings. The van der Waals surface area contributed by atoms with Crippen molar-refractivity contribution in [2.45, 2.75) is 115 Å². The first kappa shape index (κ1) is 27.7. The first-order valence-electron chi connectivity index (χ1n) is 12.2. The third-order valence-corrected chi connectivity index (χ3v) is 6.80. The summed E-state index contributed by atoms with van der Waals surface area (Å²) >= 11 is 0. The molecule has 0 N–H and O–H groups in total. The Morgan fingerprint density at radius 2 is 1.49 bits per heavy atom. The number of fused-ring (bicyclic) bond motifs is 1. The zero-order chi connectivity index (χ0) is 26.4. The van der Waals surface area contributed by atoms with Crippen LogP contribution >= 0.6 is 0 Å². The molecule has 0 bridgehead atoms. The van der Waals surface area contributed by atoms with E-state index in [1.807, 2.05) is 41.5 Å². The summed E-state index contributed by atoms with van der Waals surface area (Å²) in [7, 11) is 3.06. The second-order valence-electron chi connectivity index (χ2n) is 11.8. The lowest BCUT2D eigenvalue weighted by Gasteiger charge is -2.57. The highest BCUT2D eigenvalue weighted by atomic mass is 16.8. The van der Waals surface area contributed by atoms with Crippen LogP contribution in [0.1, 0.15) is 74.7 Å². The lowest BCUT2D eigenvalue weighted by Crippen LogP contribution is -2.72. The van der Waals surface area contributed by atoms with Crippen molar-refractivity contribution in [2.75, 3.05) is 20.8 Å². The van der Waals surface area contributed by atoms with Crippen LogP contribution in [0.4, 0.5) is 4.79 Å². The Balaban J connectivity index is 1.96. The fourth-order valence-corrected chi connectivity index (χ4v) is 4.74. The molecule has 2 saturated heterocycles. The van der Waals surface area contributed by atoms with Crippen molar-refractivity contribution in [3.05, 3.63) is 0 Å². The van der Waals surface area contributed by atoms with Gasteiger partial charge in [-0.1, -0.05) is 11.8 Å². The Bertz CT molecular complexity index is 890. The molecule has 1 saturated carbocycles. The molecular formula is C26H41NO8. The lowest BCUT2D eigenvalue weighted by atomic mass is 9.81. The fraction of sp³-hybridized carbons (Fsp3) is 0.846. The topological polar surface area (TPSA) is 92.8 Å². The molecule has 3 aliphatic rings. The van der Waals surface area contributed by atoms with Gasteiger partial charge in [-0.05, 0) is 68.2 Å². The Morgan fingerprint density at radius 1 is 0.943 bits per heavy atom. The number of methoxy groups -OCH3 is 2. The first-order valence-corrected chi connectivity index (χ1v) is 12.2. The summed E-state index contributed by atoms with van der Waals surface area (Å²) in [4.78, 5) is 27.3. The maximum atomic E-state index is 13.3. The average Bonchev–Trinajstić information content (AvgIpc) is 3.49. The second-order valence-corrected chi connectivity index (χ2v) is 11.8. The molecular weight excluding hydrogens is 454 g/mol. The van der Waals surface area contributed by atoms with Crippen molar-refractivity contribution < 1.29 is 38.0 Å². The normalized spacial score (nSPS) is 33.9. The minimum absolute atomic E-state index is 0.0636. The van der Waals surface area contributed by atoms with Crippen LogP contribution < -0.4 is 0 Å². The van der Waals surface area contributed by atoms with Gasteiger partial charge in [-0.15, -0.1) is 0 Å². The highest BCUT2D eigenvalue weighted by Crippen LogP contribution is 2.56. The number of piperidine rings is 1. The quantitative estimate of drug-likeness (QED) is 0.433. The van der Waals surface area contributed by atoms with Gasteiger partial charge in [0.2, 0.25) is 11.6 Å². The Hall–Kier alpha value is -1.86. The van der Waals surface area contributed by atoms with Crippen LogP contribution in [0.15, 0.2) is 0 Å². The number of rotatable bonds is 3. The van der Waals surface area contributed by atoms with Crippen molar-refractivity contribution in [3.63, 3.8) is 0 Å². The van der Waals surface area contributed by atoms with Gasteiger partial charge in [-0.3, -0.25) is 9.69 Å². The molecule has 3 rings (SSSR count). The second kappa shape index (κ2) is 9.22. The zero-order valence-electron chi connectivity index (χ0n) is 22.8. The number of carbonyl (C=O) groups excluding carboxylic acids is 2. The summed E-state index contributed by atoms with van der Waals surface area (Å²) in [6, 6.07) is 0. The largest absolute Gasteiger partial charge is 0.459 e. The van der Waals surface area contributed by atoms with E-state index in [-0.39, 0.29) is 13.0 Å². The maximum absolute atomic E-state index is 13.3. The smallest absolute Gasteiger partial charge is 0.410 e. The van der Waals surface area contributed by atoms with E-state index in [1.54, 1.807) is 18.7 Å². The summed E-state index contributed by atoms with van der Waals surface area (Å²) in [5, 5.41) is 0. The van der Waals surface area contributed by atoms with Crippen molar-refractivity contribution in [2.24, 2.45) is 5.92 Å². The predicted octanol–water partition coefficient (Wildman–Crippen LogP) is 3.63. The van der Waals surface area contributed by atoms with Gasteiger partial charge >= 0.3 is 12.1 Å². The number of hydrogen-bond acceptors (Lipinski definition) is 8. The Labute approximate surface area is 209 Å². The third-order valence-electron chi connectivity index (χ3n) is 6.80. The van der Waals surface area contributed by atoms with Crippen molar-refractivity contribution in [3.8, 4) is 11.8 Å². The zero-order valence-corrected chi connectivity index (χ0v) is 22.8. The highest BCUT2D eigenvalue weighted by molar-refractivity contribution is 5.73. The van der Waals surface area contributed by atoms with Crippen molar-refractivity contribution in [1.29, 1.82) is 0 Å². The molecule has 5 unspecified atom stereocenters. The molecule has 198 valence electrons. The number of carbonyl (C=O) groups is 2. The highest BCUT2D eigenvalue weighted by Gasteiger charge is 2.68. The van der Waals surface area contributed by atoms with E-state index in [2.05, 4.69) is 11.8 Å². The number of amides is 1. The Kier molecular flexibility index (Phi) is 7.30. The van der Waals surface area contributed by atoms with E-state index in [9.17, 15) is 9.59 Å². The van der Waals surface area contributed by atoms with E-state index in [4.69, 9.17) is 28.4 Å². The fourth-order valence-electron chi connectivity index (χ4n) is 4.74. The minimum Gasteiger partial charge on any atom is -0.459 e. The van der Waals surface area contributed by atoms with E-state index in [0.29, 0.717) is 0 Å². The van der Waals surface area contributed by atoms with Crippen LogP contribution in [0.5, 0.6) is 0 Å². The van der Waals surface area contributed by atoms with Gasteiger partial charge < -0.3 is 28.4 Å². The van der Waals surface area contributed by atoms with Gasteiger partial charge in [0.25, 0.3) is 0 Å². The molecule has 35 heavy (non-hydrogen) atoms. The molecule has 2 aliphatic heterocycles. The molecule has 9 nitrogen and oxygen atoms in total.